The number of rotatable bonds is 3. The molecule has 0 saturated carbocycles. The van der Waals surface area contributed by atoms with Gasteiger partial charge < -0.3 is 14.6 Å². The summed E-state index contributed by atoms with van der Waals surface area (Å²) < 4.78 is 11.2. The van der Waals surface area contributed by atoms with Gasteiger partial charge >= 0.3 is 0 Å². The van der Waals surface area contributed by atoms with Crippen molar-refractivity contribution in [3.8, 4) is 11.5 Å². The van der Waals surface area contributed by atoms with E-state index in [-0.39, 0.29) is 0 Å². The maximum Gasteiger partial charge on any atom is 0.133 e. The minimum atomic E-state index is 0.298. The lowest BCUT2D eigenvalue weighted by Crippen LogP contribution is -1.94. The van der Waals surface area contributed by atoms with Crippen molar-refractivity contribution < 1.29 is 14.6 Å². The first-order valence-electron chi connectivity index (χ1n) is 7.79. The third kappa shape index (κ3) is 5.56. The number of phenolic OH excluding ortho intramolecular Hbond substituents is 1. The predicted molar refractivity (Wildman–Crippen MR) is 96.4 cm³/mol. The molecule has 0 aromatic heterocycles. The topological polar surface area (TPSA) is 38.7 Å². The first kappa shape index (κ1) is 17.8. The smallest absolute Gasteiger partial charge is 0.133 e. The highest BCUT2D eigenvalue weighted by atomic mass is 79.9. The second-order valence-corrected chi connectivity index (χ2v) is 6.43. The molecule has 0 amide bonds. The Morgan fingerprint density at radius 2 is 1.78 bits per heavy atom. The maximum absolute atomic E-state index is 9.27. The van der Waals surface area contributed by atoms with Crippen LogP contribution in [0.5, 0.6) is 11.5 Å². The van der Waals surface area contributed by atoms with Crippen LogP contribution < -0.4 is 4.74 Å². The number of phenols is 1. The summed E-state index contributed by atoms with van der Waals surface area (Å²) in [5, 5.41) is 9.27. The van der Waals surface area contributed by atoms with Gasteiger partial charge in [-0.3, -0.25) is 0 Å². The molecule has 2 aromatic rings. The van der Waals surface area contributed by atoms with Crippen molar-refractivity contribution in [2.45, 2.75) is 26.2 Å². The lowest BCUT2D eigenvalue weighted by atomic mass is 10.0. The van der Waals surface area contributed by atoms with Gasteiger partial charge in [0.1, 0.15) is 11.5 Å². The van der Waals surface area contributed by atoms with E-state index in [4.69, 9.17) is 9.47 Å². The molecule has 4 heteroatoms. The van der Waals surface area contributed by atoms with Crippen LogP contribution in [-0.2, 0) is 11.2 Å². The van der Waals surface area contributed by atoms with Crippen LogP contribution in [0.2, 0.25) is 0 Å². The zero-order valence-corrected chi connectivity index (χ0v) is 15.2. The van der Waals surface area contributed by atoms with Crippen molar-refractivity contribution in [1.29, 1.82) is 0 Å². The molecule has 1 N–H and O–H groups in total. The number of aryl methyl sites for hydroxylation is 1. The Morgan fingerprint density at radius 3 is 2.30 bits per heavy atom. The molecule has 0 spiro atoms. The van der Waals surface area contributed by atoms with Gasteiger partial charge in [-0.1, -0.05) is 12.1 Å². The summed E-state index contributed by atoms with van der Waals surface area (Å²) in [6.07, 6.45) is 3.40. The molecule has 1 saturated heterocycles. The SMILES string of the molecule is C1CCOC1.COc1cc(C)c(Cc2ccc(O)cc2)cc1Br. The van der Waals surface area contributed by atoms with Gasteiger partial charge in [-0.25, -0.2) is 0 Å². The van der Waals surface area contributed by atoms with Crippen LogP contribution in [0.15, 0.2) is 40.9 Å². The second-order valence-electron chi connectivity index (χ2n) is 5.58. The summed E-state index contributed by atoms with van der Waals surface area (Å²) in [5.41, 5.74) is 3.62. The molecule has 0 bridgehead atoms. The fourth-order valence-electron chi connectivity index (χ4n) is 2.39. The Bertz CT molecular complexity index is 612. The van der Waals surface area contributed by atoms with E-state index in [2.05, 4.69) is 28.9 Å². The first-order valence-corrected chi connectivity index (χ1v) is 8.58. The molecule has 3 rings (SSSR count). The van der Waals surface area contributed by atoms with Crippen molar-refractivity contribution in [1.82, 2.24) is 0 Å². The van der Waals surface area contributed by atoms with Gasteiger partial charge in [-0.05, 0) is 83.1 Å². The van der Waals surface area contributed by atoms with E-state index in [0.29, 0.717) is 5.75 Å². The Labute approximate surface area is 146 Å². The lowest BCUT2D eigenvalue weighted by Gasteiger charge is -2.10. The van der Waals surface area contributed by atoms with Crippen LogP contribution in [0.3, 0.4) is 0 Å². The lowest BCUT2D eigenvalue weighted by molar-refractivity contribution is 0.198. The number of methoxy groups -OCH3 is 1. The molecule has 1 heterocycles. The molecule has 1 aliphatic heterocycles. The Hall–Kier alpha value is -1.52. The number of aromatic hydroxyl groups is 1. The molecule has 2 aromatic carbocycles. The van der Waals surface area contributed by atoms with Crippen LogP contribution in [0.25, 0.3) is 0 Å². The molecule has 124 valence electrons. The molecule has 0 unspecified atom stereocenters. The molecule has 3 nitrogen and oxygen atoms in total. The molecule has 1 fully saturated rings. The van der Waals surface area contributed by atoms with Gasteiger partial charge in [0.15, 0.2) is 0 Å². The maximum atomic E-state index is 9.27. The standard InChI is InChI=1S/C15H15BrO2.C4H8O/c1-10-7-15(18-2)14(16)9-12(10)8-11-3-5-13(17)6-4-11;1-2-4-5-3-1/h3-7,9,17H,8H2,1-2H3;1-4H2. The normalized spacial score (nSPS) is 13.3. The summed E-state index contributed by atoms with van der Waals surface area (Å²) in [6.45, 7) is 4.07. The van der Waals surface area contributed by atoms with Crippen LogP contribution >= 0.6 is 15.9 Å². The average Bonchev–Trinajstić information content (AvgIpc) is 3.12. The van der Waals surface area contributed by atoms with Gasteiger partial charge in [-0.15, -0.1) is 0 Å². The summed E-state index contributed by atoms with van der Waals surface area (Å²) in [6, 6.07) is 11.4. The average molecular weight is 379 g/mol. The summed E-state index contributed by atoms with van der Waals surface area (Å²) >= 11 is 3.50. The number of halogens is 1. The van der Waals surface area contributed by atoms with E-state index in [9.17, 15) is 5.11 Å². The minimum absolute atomic E-state index is 0.298. The fraction of sp³-hybridized carbons (Fsp3) is 0.368. The summed E-state index contributed by atoms with van der Waals surface area (Å²) in [4.78, 5) is 0. The molecular formula is C19H23BrO3. The Kier molecular flexibility index (Phi) is 6.93. The third-order valence-corrected chi connectivity index (χ3v) is 4.39. The van der Waals surface area contributed by atoms with Crippen molar-refractivity contribution in [2.24, 2.45) is 0 Å². The van der Waals surface area contributed by atoms with Crippen LogP contribution in [0.4, 0.5) is 0 Å². The highest BCUT2D eigenvalue weighted by Gasteiger charge is 2.06. The first-order chi connectivity index (χ1) is 11.1. The molecule has 0 radical (unpaired) electrons. The monoisotopic (exact) mass is 378 g/mol. The Balaban J connectivity index is 0.000000326. The van der Waals surface area contributed by atoms with Gasteiger partial charge in [0.05, 0.1) is 11.6 Å². The van der Waals surface area contributed by atoms with E-state index in [1.54, 1.807) is 19.2 Å². The Morgan fingerprint density at radius 1 is 1.13 bits per heavy atom. The number of benzene rings is 2. The summed E-state index contributed by atoms with van der Waals surface area (Å²) in [7, 11) is 1.67. The highest BCUT2D eigenvalue weighted by Crippen LogP contribution is 2.29. The van der Waals surface area contributed by atoms with Crippen molar-refractivity contribution in [2.75, 3.05) is 20.3 Å². The third-order valence-electron chi connectivity index (χ3n) is 3.77. The van der Waals surface area contributed by atoms with E-state index < -0.39 is 0 Å². The van der Waals surface area contributed by atoms with Crippen molar-refractivity contribution in [3.63, 3.8) is 0 Å². The van der Waals surface area contributed by atoms with E-state index >= 15 is 0 Å². The molecule has 23 heavy (non-hydrogen) atoms. The molecule has 0 aliphatic carbocycles. The van der Waals surface area contributed by atoms with Crippen LogP contribution in [-0.4, -0.2) is 25.4 Å². The quantitative estimate of drug-likeness (QED) is 0.828. The summed E-state index contributed by atoms with van der Waals surface area (Å²) in [5.74, 6) is 1.15. The molecular weight excluding hydrogens is 356 g/mol. The highest BCUT2D eigenvalue weighted by molar-refractivity contribution is 9.10. The van der Waals surface area contributed by atoms with Gasteiger partial charge in [0, 0.05) is 13.2 Å². The van der Waals surface area contributed by atoms with Crippen LogP contribution in [0.1, 0.15) is 29.5 Å². The van der Waals surface area contributed by atoms with E-state index in [0.717, 1.165) is 29.9 Å². The molecule has 1 aliphatic rings. The van der Waals surface area contributed by atoms with Gasteiger partial charge in [0.2, 0.25) is 0 Å². The van der Waals surface area contributed by atoms with Crippen LogP contribution in [0, 0.1) is 6.92 Å². The molecule has 0 atom stereocenters. The van der Waals surface area contributed by atoms with Crippen molar-refractivity contribution in [3.05, 3.63) is 57.6 Å². The van der Waals surface area contributed by atoms with Gasteiger partial charge in [0.25, 0.3) is 0 Å². The van der Waals surface area contributed by atoms with E-state index in [1.807, 2.05) is 18.2 Å². The second kappa shape index (κ2) is 8.94. The number of hydrogen-bond acceptors (Lipinski definition) is 3. The predicted octanol–water partition coefficient (Wildman–Crippen LogP) is 4.86. The van der Waals surface area contributed by atoms with Crippen molar-refractivity contribution >= 4 is 15.9 Å². The zero-order chi connectivity index (χ0) is 16.7. The van der Waals surface area contributed by atoms with E-state index in [1.165, 1.54) is 29.5 Å². The largest absolute Gasteiger partial charge is 0.508 e. The number of ether oxygens (including phenoxy) is 2. The van der Waals surface area contributed by atoms with Gasteiger partial charge in [-0.2, -0.15) is 0 Å². The minimum Gasteiger partial charge on any atom is -0.508 e. The zero-order valence-electron chi connectivity index (χ0n) is 13.6. The number of hydrogen-bond donors (Lipinski definition) is 1. The fourth-order valence-corrected chi connectivity index (χ4v) is 2.94.